The van der Waals surface area contributed by atoms with Crippen LogP contribution in [0.3, 0.4) is 0 Å². The highest BCUT2D eigenvalue weighted by atomic mass is 32.2. The summed E-state index contributed by atoms with van der Waals surface area (Å²) in [6.07, 6.45) is 3.83. The van der Waals surface area contributed by atoms with Crippen LogP contribution in [0.5, 0.6) is 0 Å². The molecule has 0 radical (unpaired) electrons. The molecule has 7 heteroatoms. The van der Waals surface area contributed by atoms with Gasteiger partial charge in [-0.2, -0.15) is 0 Å². The van der Waals surface area contributed by atoms with Crippen LogP contribution in [0.15, 0.2) is 44.9 Å². The maximum Gasteiger partial charge on any atom is 0.154 e. The molecule has 2 heterocycles. The molecule has 3 rings (SSSR count). The summed E-state index contributed by atoms with van der Waals surface area (Å²) in [6, 6.07) is 7.92. The van der Waals surface area contributed by atoms with Crippen LogP contribution >= 0.6 is 23.1 Å². The van der Waals surface area contributed by atoms with Crippen LogP contribution in [0, 0.1) is 0 Å². The molecule has 1 N–H and O–H groups in total. The Morgan fingerprint density at radius 1 is 1.44 bits per heavy atom. The van der Waals surface area contributed by atoms with Gasteiger partial charge in [0, 0.05) is 31.0 Å². The van der Waals surface area contributed by atoms with Crippen molar-refractivity contribution >= 4 is 28.8 Å². The first-order chi connectivity index (χ1) is 12.1. The molecule has 1 fully saturated rings. The molecule has 0 amide bonds. The predicted octanol–water partition coefficient (Wildman–Crippen LogP) is 4.53. The molecule has 134 valence electrons. The predicted molar refractivity (Wildman–Crippen MR) is 100 cm³/mol. The van der Waals surface area contributed by atoms with Gasteiger partial charge in [-0.25, -0.2) is 4.98 Å². The highest BCUT2D eigenvalue weighted by Gasteiger charge is 2.39. The summed E-state index contributed by atoms with van der Waals surface area (Å²) >= 11 is 3.31. The molecule has 2 aromatic rings. The van der Waals surface area contributed by atoms with E-state index in [0.29, 0.717) is 12.3 Å². The molecule has 25 heavy (non-hydrogen) atoms. The van der Waals surface area contributed by atoms with Crippen molar-refractivity contribution in [2.24, 2.45) is 5.16 Å². The third-order valence-corrected chi connectivity index (χ3v) is 6.74. The van der Waals surface area contributed by atoms with Gasteiger partial charge in [0.2, 0.25) is 0 Å². The summed E-state index contributed by atoms with van der Waals surface area (Å²) < 4.78 is 12.6. The van der Waals surface area contributed by atoms with Crippen molar-refractivity contribution in [1.82, 2.24) is 4.98 Å². The Morgan fingerprint density at radius 3 is 2.84 bits per heavy atom. The van der Waals surface area contributed by atoms with Gasteiger partial charge in [-0.3, -0.25) is 0 Å². The van der Waals surface area contributed by atoms with Gasteiger partial charge in [0.25, 0.3) is 0 Å². The van der Waals surface area contributed by atoms with Crippen molar-refractivity contribution in [3.05, 3.63) is 40.9 Å². The van der Waals surface area contributed by atoms with Gasteiger partial charge >= 0.3 is 0 Å². The summed E-state index contributed by atoms with van der Waals surface area (Å²) in [6.45, 7) is 4.57. The number of hydrogen-bond acceptors (Lipinski definition) is 7. The molecular weight excluding hydrogens is 356 g/mol. The number of thiazole rings is 1. The van der Waals surface area contributed by atoms with Crippen molar-refractivity contribution in [2.75, 3.05) is 13.7 Å². The van der Waals surface area contributed by atoms with Gasteiger partial charge in [-0.05, 0) is 31.5 Å². The molecule has 1 aliphatic rings. The minimum atomic E-state index is -0.285. The van der Waals surface area contributed by atoms with Crippen molar-refractivity contribution in [1.29, 1.82) is 0 Å². The van der Waals surface area contributed by atoms with Gasteiger partial charge in [0.1, 0.15) is 5.60 Å². The van der Waals surface area contributed by atoms with Crippen LogP contribution in [-0.2, 0) is 15.1 Å². The van der Waals surface area contributed by atoms with E-state index in [0.717, 1.165) is 32.5 Å². The molecule has 0 saturated carbocycles. The smallest absolute Gasteiger partial charge is 0.154 e. The van der Waals surface area contributed by atoms with Crippen molar-refractivity contribution in [3.8, 4) is 0 Å². The quantitative estimate of drug-likeness (QED) is 0.470. The first-order valence-corrected chi connectivity index (χ1v) is 9.79. The number of oxime groups is 1. The van der Waals surface area contributed by atoms with E-state index >= 15 is 0 Å². The van der Waals surface area contributed by atoms with Crippen LogP contribution in [0.2, 0.25) is 0 Å². The standard InChI is InChI=1S/C18H22N2O3S2/c1-12-10-18(22-3,8-9-23-12)16-11-19-17(25-16)24-15-6-4-14(5-7-15)13(2)20-21/h4-7,11-12,21H,8-10H2,1-3H3/t12-,18+/m0/s1. The van der Waals surface area contributed by atoms with Crippen LogP contribution in [0.1, 0.15) is 37.1 Å². The molecule has 1 aromatic heterocycles. The van der Waals surface area contributed by atoms with Gasteiger partial charge in [-0.1, -0.05) is 29.1 Å². The van der Waals surface area contributed by atoms with E-state index in [1.54, 1.807) is 37.1 Å². The fraction of sp³-hybridized carbons (Fsp3) is 0.444. The fourth-order valence-electron chi connectivity index (χ4n) is 3.00. The van der Waals surface area contributed by atoms with Crippen LogP contribution < -0.4 is 0 Å². The number of benzene rings is 1. The van der Waals surface area contributed by atoms with E-state index in [1.165, 1.54) is 0 Å². The average molecular weight is 379 g/mol. The van der Waals surface area contributed by atoms with E-state index < -0.39 is 0 Å². The van der Waals surface area contributed by atoms with Crippen LogP contribution in [0.25, 0.3) is 0 Å². The first kappa shape index (κ1) is 18.4. The summed E-state index contributed by atoms with van der Waals surface area (Å²) in [4.78, 5) is 6.83. The number of aromatic nitrogens is 1. The van der Waals surface area contributed by atoms with E-state index in [2.05, 4.69) is 17.1 Å². The molecular formula is C18H22N2O3S2. The highest BCUT2D eigenvalue weighted by Crippen LogP contribution is 2.43. The zero-order valence-corrected chi connectivity index (χ0v) is 16.2. The summed E-state index contributed by atoms with van der Waals surface area (Å²) in [5.74, 6) is 0. The molecule has 0 bridgehead atoms. The lowest BCUT2D eigenvalue weighted by molar-refractivity contribution is -0.120. The Hall–Kier alpha value is -1.41. The second kappa shape index (κ2) is 7.86. The third-order valence-electron chi connectivity index (χ3n) is 4.48. The largest absolute Gasteiger partial charge is 0.411 e. The second-order valence-corrected chi connectivity index (χ2v) is 8.49. The van der Waals surface area contributed by atoms with Gasteiger partial charge in [-0.15, -0.1) is 11.3 Å². The van der Waals surface area contributed by atoms with E-state index in [1.807, 2.05) is 30.5 Å². The Kier molecular flexibility index (Phi) is 5.78. The topological polar surface area (TPSA) is 63.9 Å². The lowest BCUT2D eigenvalue weighted by Gasteiger charge is -2.37. The molecule has 0 aliphatic carbocycles. The molecule has 2 atom stereocenters. The van der Waals surface area contributed by atoms with Crippen LogP contribution in [-0.4, -0.2) is 35.7 Å². The Morgan fingerprint density at radius 2 is 2.20 bits per heavy atom. The number of ether oxygens (including phenoxy) is 2. The number of methoxy groups -OCH3 is 1. The Labute approximate surface area is 156 Å². The monoisotopic (exact) mass is 378 g/mol. The molecule has 0 unspecified atom stereocenters. The second-order valence-electron chi connectivity index (χ2n) is 6.14. The van der Waals surface area contributed by atoms with E-state index in [-0.39, 0.29) is 11.7 Å². The normalized spacial score (nSPS) is 24.4. The van der Waals surface area contributed by atoms with Crippen LogP contribution in [0.4, 0.5) is 0 Å². The molecule has 1 saturated heterocycles. The summed E-state index contributed by atoms with van der Waals surface area (Å²) in [7, 11) is 1.77. The van der Waals surface area contributed by atoms with Crippen molar-refractivity contribution < 1.29 is 14.7 Å². The minimum absolute atomic E-state index is 0.191. The highest BCUT2D eigenvalue weighted by molar-refractivity contribution is 8.01. The molecule has 1 aromatic carbocycles. The maximum atomic E-state index is 8.84. The maximum absolute atomic E-state index is 8.84. The number of rotatable bonds is 5. The molecule has 1 aliphatic heterocycles. The number of hydrogen-bond donors (Lipinski definition) is 1. The zero-order chi connectivity index (χ0) is 17.9. The minimum Gasteiger partial charge on any atom is -0.411 e. The van der Waals surface area contributed by atoms with Gasteiger partial charge in [0.05, 0.1) is 23.3 Å². The number of nitrogens with zero attached hydrogens (tertiary/aromatic N) is 2. The summed E-state index contributed by atoms with van der Waals surface area (Å²) in [5.41, 5.74) is 1.22. The Bertz CT molecular complexity index is 745. The SMILES string of the molecule is CO[C@]1(c2cnc(Sc3ccc(C(C)=NO)cc3)s2)CCO[C@@H](C)C1. The lowest BCUT2D eigenvalue weighted by Crippen LogP contribution is -2.38. The fourth-order valence-corrected chi connectivity index (χ4v) is 5.16. The van der Waals surface area contributed by atoms with E-state index in [4.69, 9.17) is 14.7 Å². The lowest BCUT2D eigenvalue weighted by atomic mass is 9.89. The Balaban J connectivity index is 1.75. The summed E-state index contributed by atoms with van der Waals surface area (Å²) in [5, 5.41) is 12.1. The van der Waals surface area contributed by atoms with Gasteiger partial charge < -0.3 is 14.7 Å². The van der Waals surface area contributed by atoms with Crippen molar-refractivity contribution in [3.63, 3.8) is 0 Å². The molecule has 5 nitrogen and oxygen atoms in total. The average Bonchev–Trinajstić information content (AvgIpc) is 3.10. The third kappa shape index (κ3) is 4.06. The first-order valence-electron chi connectivity index (χ1n) is 8.16. The zero-order valence-electron chi connectivity index (χ0n) is 14.6. The van der Waals surface area contributed by atoms with E-state index in [9.17, 15) is 0 Å². The molecule has 0 spiro atoms. The van der Waals surface area contributed by atoms with Crippen molar-refractivity contribution in [2.45, 2.75) is 47.6 Å². The van der Waals surface area contributed by atoms with Gasteiger partial charge in [0.15, 0.2) is 4.34 Å².